The van der Waals surface area contributed by atoms with Crippen molar-refractivity contribution in [2.24, 2.45) is 5.11 Å². The van der Waals surface area contributed by atoms with Crippen molar-refractivity contribution in [2.45, 2.75) is 142 Å². The minimum absolute atomic E-state index is 0.0982. The Labute approximate surface area is 272 Å². The van der Waals surface area contributed by atoms with Crippen molar-refractivity contribution in [2.75, 3.05) is 33.0 Å². The first-order chi connectivity index (χ1) is 22.1. The maximum absolute atomic E-state index is 12.7. The van der Waals surface area contributed by atoms with Gasteiger partial charge in [-0.15, -0.1) is 0 Å². The van der Waals surface area contributed by atoms with E-state index in [0.29, 0.717) is 18.8 Å². The number of H-pyrrole nitrogens is 1. The number of nitrogens with one attached hydrogen (secondary N) is 1. The van der Waals surface area contributed by atoms with E-state index in [4.69, 9.17) is 28.8 Å². The van der Waals surface area contributed by atoms with E-state index >= 15 is 0 Å². The molecule has 2 rings (SSSR count). The third-order valence-electron chi connectivity index (χ3n) is 8.05. The third kappa shape index (κ3) is 15.7. The summed E-state index contributed by atoms with van der Waals surface area (Å²) in [6.45, 7) is 5.90. The van der Waals surface area contributed by atoms with Crippen LogP contribution in [0.5, 0.6) is 0 Å². The summed E-state index contributed by atoms with van der Waals surface area (Å²) in [5.74, 6) is 0. The predicted octanol–water partition coefficient (Wildman–Crippen LogP) is 7.20. The Morgan fingerprint density at radius 3 is 2.24 bits per heavy atom. The molecule has 4 unspecified atom stereocenters. The molecule has 1 aromatic rings. The first-order valence-corrected chi connectivity index (χ1v) is 18.5. The molecular formula is C31H56N5O9P. The van der Waals surface area contributed by atoms with Crippen LogP contribution in [0, 0.1) is 6.92 Å². The molecule has 0 aliphatic carbocycles. The van der Waals surface area contributed by atoms with Crippen LogP contribution in [0.2, 0.25) is 0 Å². The summed E-state index contributed by atoms with van der Waals surface area (Å²) < 4.78 is 41.3. The van der Waals surface area contributed by atoms with Gasteiger partial charge < -0.3 is 19.1 Å². The van der Waals surface area contributed by atoms with E-state index in [-0.39, 0.29) is 26.1 Å². The van der Waals surface area contributed by atoms with Crippen LogP contribution in [-0.4, -0.2) is 59.3 Å². The summed E-state index contributed by atoms with van der Waals surface area (Å²) >= 11 is 0. The normalized spacial score (nSPS) is 20.0. The van der Waals surface area contributed by atoms with Crippen molar-refractivity contribution >= 4 is 7.82 Å². The number of hydrogen-bond acceptors (Lipinski definition) is 9. The van der Waals surface area contributed by atoms with Gasteiger partial charge >= 0.3 is 13.5 Å². The Morgan fingerprint density at radius 2 is 1.65 bits per heavy atom. The lowest BCUT2D eigenvalue weighted by Crippen LogP contribution is -2.36. The number of aryl methyl sites for hydroxylation is 1. The lowest BCUT2D eigenvalue weighted by atomic mass is 10.0. The molecule has 14 nitrogen and oxygen atoms in total. The summed E-state index contributed by atoms with van der Waals surface area (Å²) in [7, 11) is -4.60. The molecule has 0 bridgehead atoms. The molecule has 46 heavy (non-hydrogen) atoms. The quantitative estimate of drug-likeness (QED) is 0.0320. The van der Waals surface area contributed by atoms with Gasteiger partial charge in [-0.1, -0.05) is 95.5 Å². The summed E-state index contributed by atoms with van der Waals surface area (Å²) in [5, 5.41) is 3.65. The molecular weight excluding hydrogens is 617 g/mol. The SMILES string of the molecule is CCCCCCCCCCCCCCCCOCC(COP(=O)(O)OCC1(N=[N+]=[N-])CCC(n2cc(C)c(=O)[nH]c2=O)O1)OCC. The molecule has 1 fully saturated rings. The molecule has 15 heteroatoms. The fraction of sp³-hybridized carbons (Fsp3) is 0.871. The third-order valence-corrected chi connectivity index (χ3v) is 8.98. The predicted molar refractivity (Wildman–Crippen MR) is 176 cm³/mol. The molecule has 0 amide bonds. The summed E-state index contributed by atoms with van der Waals surface area (Å²) in [5.41, 5.74) is 6.53. The molecule has 2 N–H and O–H groups in total. The average molecular weight is 674 g/mol. The van der Waals surface area contributed by atoms with Gasteiger partial charge in [-0.2, -0.15) is 0 Å². The lowest BCUT2D eigenvalue weighted by molar-refractivity contribution is -0.0962. The van der Waals surface area contributed by atoms with Crippen molar-refractivity contribution in [1.82, 2.24) is 9.55 Å². The summed E-state index contributed by atoms with van der Waals surface area (Å²) in [6, 6.07) is 0. The van der Waals surface area contributed by atoms with Crippen molar-refractivity contribution in [1.29, 1.82) is 0 Å². The zero-order valence-electron chi connectivity index (χ0n) is 28.0. The first-order valence-electron chi connectivity index (χ1n) is 17.0. The average Bonchev–Trinajstić information content (AvgIpc) is 3.44. The number of rotatable bonds is 27. The zero-order valence-corrected chi connectivity index (χ0v) is 28.9. The summed E-state index contributed by atoms with van der Waals surface area (Å²) in [4.78, 5) is 39.3. The van der Waals surface area contributed by atoms with E-state index in [1.165, 1.54) is 94.7 Å². The van der Waals surface area contributed by atoms with Crippen LogP contribution in [0.25, 0.3) is 10.4 Å². The number of hydrogen-bond donors (Lipinski definition) is 2. The second-order valence-electron chi connectivity index (χ2n) is 12.0. The molecule has 1 aliphatic heterocycles. The van der Waals surface area contributed by atoms with E-state index < -0.39 is 43.7 Å². The van der Waals surface area contributed by atoms with Crippen molar-refractivity contribution in [3.8, 4) is 0 Å². The number of ether oxygens (including phenoxy) is 3. The molecule has 1 aromatic heterocycles. The Morgan fingerprint density at radius 1 is 1.04 bits per heavy atom. The maximum Gasteiger partial charge on any atom is 0.472 e. The molecule has 2 heterocycles. The molecule has 1 saturated heterocycles. The van der Waals surface area contributed by atoms with E-state index in [1.807, 2.05) is 6.92 Å². The number of azide groups is 1. The molecule has 0 saturated carbocycles. The second kappa shape index (κ2) is 22.5. The minimum Gasteiger partial charge on any atom is -0.379 e. The Hall–Kier alpha value is -2.02. The molecule has 264 valence electrons. The lowest BCUT2D eigenvalue weighted by Gasteiger charge is -2.26. The fourth-order valence-corrected chi connectivity index (χ4v) is 6.19. The fourth-order valence-electron chi connectivity index (χ4n) is 5.40. The van der Waals surface area contributed by atoms with Gasteiger partial charge in [0.2, 0.25) is 0 Å². The van der Waals surface area contributed by atoms with Gasteiger partial charge in [-0.3, -0.25) is 23.4 Å². The van der Waals surface area contributed by atoms with Crippen LogP contribution in [0.15, 0.2) is 20.9 Å². The zero-order chi connectivity index (χ0) is 33.7. The molecule has 0 spiro atoms. The van der Waals surface area contributed by atoms with E-state index in [9.17, 15) is 19.0 Å². The van der Waals surface area contributed by atoms with Gasteiger partial charge in [0.25, 0.3) is 5.56 Å². The topological polar surface area (TPSA) is 187 Å². The van der Waals surface area contributed by atoms with Crippen LogP contribution in [0.4, 0.5) is 0 Å². The summed E-state index contributed by atoms with van der Waals surface area (Å²) in [6.07, 6.45) is 18.2. The maximum atomic E-state index is 12.7. The largest absolute Gasteiger partial charge is 0.472 e. The van der Waals surface area contributed by atoms with E-state index in [1.54, 1.807) is 0 Å². The van der Waals surface area contributed by atoms with Crippen LogP contribution in [-0.2, 0) is 27.8 Å². The van der Waals surface area contributed by atoms with Crippen LogP contribution >= 0.6 is 7.82 Å². The molecule has 0 aromatic carbocycles. The van der Waals surface area contributed by atoms with Gasteiger partial charge in [0.1, 0.15) is 12.3 Å². The van der Waals surface area contributed by atoms with Gasteiger partial charge in [-0.05, 0) is 38.6 Å². The number of aromatic nitrogens is 2. The van der Waals surface area contributed by atoms with Crippen LogP contribution < -0.4 is 11.2 Å². The minimum atomic E-state index is -4.60. The van der Waals surface area contributed by atoms with Gasteiger partial charge in [0.15, 0.2) is 5.72 Å². The van der Waals surface area contributed by atoms with E-state index in [0.717, 1.165) is 12.8 Å². The Bertz CT molecular complexity index is 1210. The van der Waals surface area contributed by atoms with Crippen molar-refractivity contribution < 1.29 is 32.7 Å². The highest BCUT2D eigenvalue weighted by atomic mass is 31.2. The monoisotopic (exact) mass is 673 g/mol. The second-order valence-corrected chi connectivity index (χ2v) is 13.5. The van der Waals surface area contributed by atoms with Crippen molar-refractivity contribution in [3.05, 3.63) is 43.0 Å². The van der Waals surface area contributed by atoms with Crippen LogP contribution in [0.3, 0.4) is 0 Å². The Kier molecular flexibility index (Phi) is 19.7. The molecule has 0 radical (unpaired) electrons. The number of phosphoric acid groups is 1. The number of aromatic amines is 1. The first kappa shape index (κ1) is 40.2. The van der Waals surface area contributed by atoms with Gasteiger partial charge in [-0.25, -0.2) is 9.36 Å². The van der Waals surface area contributed by atoms with Gasteiger partial charge in [0.05, 0.1) is 19.8 Å². The number of phosphoric ester groups is 1. The smallest absolute Gasteiger partial charge is 0.379 e. The van der Waals surface area contributed by atoms with Gasteiger partial charge in [0, 0.05) is 29.9 Å². The Balaban J connectivity index is 1.64. The van der Waals surface area contributed by atoms with Crippen molar-refractivity contribution in [3.63, 3.8) is 0 Å². The molecule has 1 aliphatic rings. The highest BCUT2D eigenvalue weighted by Crippen LogP contribution is 2.47. The number of unbranched alkanes of at least 4 members (excludes halogenated alkanes) is 13. The van der Waals surface area contributed by atoms with Crippen LogP contribution in [0.1, 0.15) is 128 Å². The van der Waals surface area contributed by atoms with E-state index in [2.05, 4.69) is 21.9 Å². The highest BCUT2D eigenvalue weighted by molar-refractivity contribution is 7.47. The standard InChI is InChI=1S/C31H56N5O9P/c1-4-6-7-8-9-10-11-12-13-14-15-16-17-18-21-41-23-27(42-5-2)24-43-46(39,40)44-25-31(34-35-32)20-19-28(45-31)36-22-26(3)29(37)33-30(36)38/h22,27-28H,4-21,23-25H2,1-3H3,(H,39,40)(H,33,37,38). The molecule has 4 atom stereocenters. The highest BCUT2D eigenvalue weighted by Gasteiger charge is 2.43. The number of nitrogens with zero attached hydrogens (tertiary/aromatic N) is 4.